The second kappa shape index (κ2) is 8.68. The molecule has 0 radical (unpaired) electrons. The molecule has 1 aromatic carbocycles. The number of pyridine rings is 1. The molecule has 196 valence electrons. The summed E-state index contributed by atoms with van der Waals surface area (Å²) >= 11 is 0. The Labute approximate surface area is 218 Å². The summed E-state index contributed by atoms with van der Waals surface area (Å²) in [6, 6.07) is 10.9. The Bertz CT molecular complexity index is 1190. The molecule has 3 saturated heterocycles. The largest absolute Gasteiger partial charge is 0.373 e. The number of anilines is 4. The molecule has 1 amide bonds. The zero-order valence-corrected chi connectivity index (χ0v) is 21.9. The van der Waals surface area contributed by atoms with Crippen molar-refractivity contribution in [1.82, 2.24) is 4.98 Å². The van der Waals surface area contributed by atoms with E-state index in [1.807, 2.05) is 11.0 Å². The number of nitrogens with one attached hydrogen (secondary N) is 1. The maximum atomic E-state index is 14.1. The summed E-state index contributed by atoms with van der Waals surface area (Å²) in [4.78, 5) is 23.2. The fourth-order valence-corrected chi connectivity index (χ4v) is 6.98. The first-order chi connectivity index (χ1) is 17.9. The van der Waals surface area contributed by atoms with E-state index in [0.29, 0.717) is 19.8 Å². The Morgan fingerprint density at radius 1 is 1.05 bits per heavy atom. The van der Waals surface area contributed by atoms with Gasteiger partial charge in [0, 0.05) is 23.4 Å². The average molecular weight is 505 g/mol. The highest BCUT2D eigenvalue weighted by Crippen LogP contribution is 2.46. The van der Waals surface area contributed by atoms with Crippen molar-refractivity contribution >= 4 is 28.8 Å². The molecule has 5 heterocycles. The first-order valence-corrected chi connectivity index (χ1v) is 13.7. The van der Waals surface area contributed by atoms with Gasteiger partial charge >= 0.3 is 0 Å². The van der Waals surface area contributed by atoms with Crippen LogP contribution in [0.25, 0.3) is 0 Å². The van der Waals surface area contributed by atoms with Crippen LogP contribution in [-0.2, 0) is 25.5 Å². The quantitative estimate of drug-likeness (QED) is 0.664. The number of nitrogens with zero attached hydrogens (tertiary/aromatic N) is 3. The van der Waals surface area contributed by atoms with Gasteiger partial charge < -0.3 is 29.3 Å². The highest BCUT2D eigenvalue weighted by atomic mass is 16.6. The molecule has 4 atom stereocenters. The molecule has 4 bridgehead atoms. The van der Waals surface area contributed by atoms with E-state index in [2.05, 4.69) is 60.2 Å². The smallest absolute Gasteiger partial charge is 0.230 e. The van der Waals surface area contributed by atoms with Crippen LogP contribution in [0.5, 0.6) is 0 Å². The summed E-state index contributed by atoms with van der Waals surface area (Å²) in [5, 5.41) is 3.52. The van der Waals surface area contributed by atoms with Crippen molar-refractivity contribution in [2.75, 3.05) is 28.3 Å². The van der Waals surface area contributed by atoms with E-state index in [1.54, 1.807) is 6.20 Å². The van der Waals surface area contributed by atoms with Crippen molar-refractivity contribution in [3.63, 3.8) is 0 Å². The number of ether oxygens (including phenoxy) is 3. The Kier molecular flexibility index (Phi) is 5.50. The van der Waals surface area contributed by atoms with Crippen LogP contribution in [0.3, 0.4) is 0 Å². The van der Waals surface area contributed by atoms with E-state index in [4.69, 9.17) is 14.2 Å². The van der Waals surface area contributed by atoms with Crippen molar-refractivity contribution in [3.8, 4) is 0 Å². The van der Waals surface area contributed by atoms with Gasteiger partial charge in [-0.1, -0.05) is 6.07 Å². The summed E-state index contributed by atoms with van der Waals surface area (Å²) < 4.78 is 18.2. The number of hydrogen-bond acceptors (Lipinski definition) is 7. The van der Waals surface area contributed by atoms with Crippen LogP contribution in [0.15, 0.2) is 36.5 Å². The standard InChI is InChI=1S/C29H36N4O4/c1-29(2,3)37-20-9-6-17(7-10-20)28(34)32-14-18-5-4-12-30-27(18)31-21-11-8-19(13-22(21)32)33-23-15-35-26-24(33)16-36-25(23)26/h4-5,8,11-13,17,20,23-26H,6-7,9-10,14-16H2,1-3H3,(H,30,31)/t17?,20?,23-,24+,25-,26-/m1/s1. The molecule has 4 aliphatic heterocycles. The van der Waals surface area contributed by atoms with Gasteiger partial charge in [-0.25, -0.2) is 4.98 Å². The highest BCUT2D eigenvalue weighted by Gasteiger charge is 2.60. The molecule has 37 heavy (non-hydrogen) atoms. The average Bonchev–Trinajstić information content (AvgIpc) is 3.53. The van der Waals surface area contributed by atoms with Crippen LogP contribution < -0.4 is 15.1 Å². The molecule has 2 aromatic rings. The Morgan fingerprint density at radius 2 is 1.78 bits per heavy atom. The minimum atomic E-state index is -0.158. The summed E-state index contributed by atoms with van der Waals surface area (Å²) in [5.74, 6) is 1.01. The topological polar surface area (TPSA) is 76.2 Å². The molecule has 8 heteroatoms. The van der Waals surface area contributed by atoms with Gasteiger partial charge in [0.05, 0.1) is 54.9 Å². The first-order valence-electron chi connectivity index (χ1n) is 13.7. The van der Waals surface area contributed by atoms with E-state index < -0.39 is 0 Å². The molecular formula is C29H36N4O4. The van der Waals surface area contributed by atoms with Crippen LogP contribution >= 0.6 is 0 Å². The van der Waals surface area contributed by atoms with Crippen molar-refractivity contribution in [2.24, 2.45) is 5.92 Å². The van der Waals surface area contributed by atoms with Gasteiger partial charge in [-0.05, 0) is 70.7 Å². The van der Waals surface area contributed by atoms with E-state index >= 15 is 0 Å². The van der Waals surface area contributed by atoms with E-state index in [9.17, 15) is 4.79 Å². The number of aromatic nitrogens is 1. The minimum Gasteiger partial charge on any atom is -0.373 e. The minimum absolute atomic E-state index is 0.00448. The third-order valence-corrected chi connectivity index (χ3v) is 8.57. The molecule has 8 nitrogen and oxygen atoms in total. The van der Waals surface area contributed by atoms with Gasteiger partial charge in [0.1, 0.15) is 18.0 Å². The number of fused-ring (bicyclic) bond motifs is 2. The lowest BCUT2D eigenvalue weighted by atomic mass is 9.86. The lowest BCUT2D eigenvalue weighted by Crippen LogP contribution is -2.50. The molecule has 1 aromatic heterocycles. The first kappa shape index (κ1) is 23.4. The predicted molar refractivity (Wildman–Crippen MR) is 141 cm³/mol. The van der Waals surface area contributed by atoms with Crippen LogP contribution in [0, 0.1) is 5.92 Å². The van der Waals surface area contributed by atoms with Crippen molar-refractivity contribution < 1.29 is 19.0 Å². The van der Waals surface area contributed by atoms with Gasteiger partial charge in [-0.3, -0.25) is 4.79 Å². The summed E-state index contributed by atoms with van der Waals surface area (Å²) in [6.07, 6.45) is 5.88. The molecule has 0 unspecified atom stereocenters. The maximum absolute atomic E-state index is 14.1. The number of amides is 1. The second-order valence-electron chi connectivity index (χ2n) is 12.1. The second-order valence-corrected chi connectivity index (χ2v) is 12.1. The van der Waals surface area contributed by atoms with E-state index in [1.165, 1.54) is 0 Å². The summed E-state index contributed by atoms with van der Waals surface area (Å²) in [7, 11) is 0. The van der Waals surface area contributed by atoms with Crippen LogP contribution in [0.1, 0.15) is 52.0 Å². The molecule has 1 aliphatic carbocycles. The van der Waals surface area contributed by atoms with Crippen LogP contribution in [-0.4, -0.2) is 60.1 Å². The fraction of sp³-hybridized carbons (Fsp3) is 0.586. The zero-order chi connectivity index (χ0) is 25.3. The van der Waals surface area contributed by atoms with Gasteiger partial charge in [0.2, 0.25) is 5.91 Å². The number of rotatable bonds is 3. The monoisotopic (exact) mass is 504 g/mol. The van der Waals surface area contributed by atoms with E-state index in [0.717, 1.165) is 54.1 Å². The third kappa shape index (κ3) is 4.01. The third-order valence-electron chi connectivity index (χ3n) is 8.57. The Balaban J connectivity index is 1.19. The molecular weight excluding hydrogens is 468 g/mol. The van der Waals surface area contributed by atoms with Crippen molar-refractivity contribution in [1.29, 1.82) is 0 Å². The Morgan fingerprint density at radius 3 is 2.49 bits per heavy atom. The molecule has 7 rings (SSSR count). The van der Waals surface area contributed by atoms with Crippen molar-refractivity contribution in [3.05, 3.63) is 42.1 Å². The van der Waals surface area contributed by atoms with Crippen LogP contribution in [0.2, 0.25) is 0 Å². The van der Waals surface area contributed by atoms with Gasteiger partial charge in [0.15, 0.2) is 0 Å². The summed E-state index contributed by atoms with van der Waals surface area (Å²) in [5.41, 5.74) is 3.85. The maximum Gasteiger partial charge on any atom is 0.230 e. The lowest BCUT2D eigenvalue weighted by Gasteiger charge is -2.39. The van der Waals surface area contributed by atoms with E-state index in [-0.39, 0.29) is 47.8 Å². The number of hydrogen-bond donors (Lipinski definition) is 1. The highest BCUT2D eigenvalue weighted by molar-refractivity contribution is 6.00. The molecule has 0 spiro atoms. The zero-order valence-electron chi connectivity index (χ0n) is 21.9. The Hall–Kier alpha value is -2.68. The number of benzene rings is 1. The molecule has 4 fully saturated rings. The molecule has 1 saturated carbocycles. The SMILES string of the molecule is CC(C)(C)OC1CCC(C(=O)N2Cc3cccnc3Nc3ccc(N4[C@@H]5CO[C@H]6[C@@H]5OC[C@@H]64)cc32)CC1. The molecule has 1 N–H and O–H groups in total. The van der Waals surface area contributed by atoms with Crippen LogP contribution in [0.4, 0.5) is 22.9 Å². The van der Waals surface area contributed by atoms with Gasteiger partial charge in [0.25, 0.3) is 0 Å². The van der Waals surface area contributed by atoms with Crippen molar-refractivity contribution in [2.45, 2.75) is 89.0 Å². The normalized spacial score (nSPS) is 32.1. The van der Waals surface area contributed by atoms with Gasteiger partial charge in [-0.15, -0.1) is 0 Å². The summed E-state index contributed by atoms with van der Waals surface area (Å²) in [6.45, 7) is 8.20. The van der Waals surface area contributed by atoms with Gasteiger partial charge in [-0.2, -0.15) is 0 Å². The fourth-order valence-electron chi connectivity index (χ4n) is 6.98. The number of morpholine rings is 2. The number of carbonyl (C=O) groups excluding carboxylic acids is 1. The number of carbonyl (C=O) groups is 1. The predicted octanol–water partition coefficient (Wildman–Crippen LogP) is 4.40. The lowest BCUT2D eigenvalue weighted by molar-refractivity contribution is -0.126. The molecule has 5 aliphatic rings.